The highest BCUT2D eigenvalue weighted by atomic mass is 19.4. The summed E-state index contributed by atoms with van der Waals surface area (Å²) in [7, 11) is 1.87. The first-order chi connectivity index (χ1) is 15.7. The Labute approximate surface area is 188 Å². The molecule has 0 aliphatic heterocycles. The monoisotopic (exact) mass is 453 g/mol. The highest BCUT2D eigenvalue weighted by molar-refractivity contribution is 5.83. The summed E-state index contributed by atoms with van der Waals surface area (Å²) in [5, 5.41) is 9.80. The number of carboxylic acids is 1. The van der Waals surface area contributed by atoms with E-state index in [0.717, 1.165) is 22.7 Å². The lowest BCUT2D eigenvalue weighted by Gasteiger charge is -2.15. The van der Waals surface area contributed by atoms with Gasteiger partial charge in [-0.05, 0) is 53.4 Å². The number of hydrogen-bond acceptors (Lipinski definition) is 2. The molecule has 7 heteroatoms. The van der Waals surface area contributed by atoms with Crippen LogP contribution in [0.4, 0.5) is 13.2 Å². The molecule has 170 valence electrons. The largest absolute Gasteiger partial charge is 0.489 e. The van der Waals surface area contributed by atoms with E-state index in [4.69, 9.17) is 9.84 Å². The first kappa shape index (κ1) is 22.5. The van der Waals surface area contributed by atoms with Crippen LogP contribution in [0.1, 0.15) is 23.2 Å². The van der Waals surface area contributed by atoms with Crippen LogP contribution in [0, 0.1) is 0 Å². The van der Waals surface area contributed by atoms with E-state index in [0.29, 0.717) is 23.3 Å². The number of hydrogen-bond donors (Lipinski definition) is 1. The van der Waals surface area contributed by atoms with E-state index in [-0.39, 0.29) is 18.6 Å². The second kappa shape index (κ2) is 9.02. The maximum atomic E-state index is 13.7. The molecule has 0 atom stereocenters. The minimum atomic E-state index is -4.49. The van der Waals surface area contributed by atoms with Gasteiger partial charge in [0.15, 0.2) is 0 Å². The number of fused-ring (bicyclic) bond motifs is 1. The molecule has 4 nitrogen and oxygen atoms in total. The lowest BCUT2D eigenvalue weighted by atomic mass is 9.97. The SMILES string of the molecule is Cn1c(CCC(=O)O)cc2cc(OCc3ccc(-c4ccccc4)c(C(F)(F)F)c3)ccc21. The molecule has 0 spiro atoms. The van der Waals surface area contributed by atoms with Crippen LogP contribution in [0.3, 0.4) is 0 Å². The quantitative estimate of drug-likeness (QED) is 0.349. The average molecular weight is 453 g/mol. The van der Waals surface area contributed by atoms with Crippen LogP contribution in [0.5, 0.6) is 5.75 Å². The Morgan fingerprint density at radius 2 is 1.76 bits per heavy atom. The minimum Gasteiger partial charge on any atom is -0.489 e. The first-order valence-corrected chi connectivity index (χ1v) is 10.4. The third-order valence-electron chi connectivity index (χ3n) is 5.59. The number of benzene rings is 3. The number of aryl methyl sites for hydroxylation is 2. The number of rotatable bonds is 7. The number of aromatic nitrogens is 1. The number of halogens is 3. The molecule has 0 aliphatic rings. The third-order valence-corrected chi connectivity index (χ3v) is 5.59. The molecule has 33 heavy (non-hydrogen) atoms. The fourth-order valence-electron chi connectivity index (χ4n) is 3.90. The second-order valence-electron chi connectivity index (χ2n) is 7.84. The summed E-state index contributed by atoms with van der Waals surface area (Å²) >= 11 is 0. The smallest absolute Gasteiger partial charge is 0.417 e. The molecule has 1 heterocycles. The molecule has 0 aliphatic carbocycles. The van der Waals surface area contributed by atoms with Crippen LogP contribution in [0.25, 0.3) is 22.0 Å². The molecular weight excluding hydrogens is 431 g/mol. The van der Waals surface area contributed by atoms with Gasteiger partial charge in [0.2, 0.25) is 0 Å². The molecule has 3 aromatic carbocycles. The van der Waals surface area contributed by atoms with Crippen molar-refractivity contribution in [1.29, 1.82) is 0 Å². The van der Waals surface area contributed by atoms with Crippen LogP contribution < -0.4 is 4.74 Å². The zero-order valence-electron chi connectivity index (χ0n) is 17.9. The molecule has 0 saturated carbocycles. The summed E-state index contributed by atoms with van der Waals surface area (Å²) in [4.78, 5) is 10.9. The number of ether oxygens (including phenoxy) is 1. The minimum absolute atomic E-state index is 0.0115. The van der Waals surface area contributed by atoms with Gasteiger partial charge in [0.05, 0.1) is 12.0 Å². The molecule has 1 aromatic heterocycles. The van der Waals surface area contributed by atoms with E-state index in [1.54, 1.807) is 42.5 Å². The Kier molecular flexibility index (Phi) is 6.14. The van der Waals surface area contributed by atoms with Crippen LogP contribution in [0.2, 0.25) is 0 Å². The first-order valence-electron chi connectivity index (χ1n) is 10.4. The lowest BCUT2D eigenvalue weighted by molar-refractivity contribution is -0.138. The predicted octanol–water partition coefficient (Wildman–Crippen LogP) is 6.46. The zero-order valence-corrected chi connectivity index (χ0v) is 17.9. The molecule has 0 saturated heterocycles. The van der Waals surface area contributed by atoms with E-state index in [9.17, 15) is 18.0 Å². The van der Waals surface area contributed by atoms with Gasteiger partial charge >= 0.3 is 12.1 Å². The van der Waals surface area contributed by atoms with Crippen LogP contribution in [0.15, 0.2) is 72.8 Å². The second-order valence-corrected chi connectivity index (χ2v) is 7.84. The molecule has 4 rings (SSSR count). The van der Waals surface area contributed by atoms with Crippen molar-refractivity contribution in [3.63, 3.8) is 0 Å². The van der Waals surface area contributed by atoms with E-state index in [1.165, 1.54) is 6.07 Å². The fourth-order valence-corrected chi connectivity index (χ4v) is 3.90. The predicted molar refractivity (Wildman–Crippen MR) is 120 cm³/mol. The van der Waals surface area contributed by atoms with Crippen molar-refractivity contribution in [3.05, 3.63) is 89.6 Å². The maximum absolute atomic E-state index is 13.7. The Balaban J connectivity index is 1.55. The standard InChI is InChI=1S/C26H22F3NO3/c1-30-20(8-12-25(31)32)14-19-15-21(9-11-24(19)30)33-16-17-7-10-22(18-5-3-2-4-6-18)23(13-17)26(27,28)29/h2-7,9-11,13-15H,8,12,16H2,1H3,(H,31,32). The molecule has 1 N–H and O–H groups in total. The summed E-state index contributed by atoms with van der Waals surface area (Å²) < 4.78 is 48.9. The number of carbonyl (C=O) groups is 1. The van der Waals surface area contributed by atoms with E-state index < -0.39 is 17.7 Å². The highest BCUT2D eigenvalue weighted by Gasteiger charge is 2.34. The van der Waals surface area contributed by atoms with Gasteiger partial charge in [-0.2, -0.15) is 13.2 Å². The normalized spacial score (nSPS) is 11.6. The molecule has 0 radical (unpaired) electrons. The van der Waals surface area contributed by atoms with Crippen molar-refractivity contribution < 1.29 is 27.8 Å². The summed E-state index contributed by atoms with van der Waals surface area (Å²) in [6.45, 7) is -0.0115. The van der Waals surface area contributed by atoms with Gasteiger partial charge in [-0.15, -0.1) is 0 Å². The van der Waals surface area contributed by atoms with Crippen molar-refractivity contribution in [2.75, 3.05) is 0 Å². The van der Waals surface area contributed by atoms with Crippen LogP contribution in [-0.4, -0.2) is 15.6 Å². The Morgan fingerprint density at radius 3 is 2.45 bits per heavy atom. The third kappa shape index (κ3) is 5.03. The Morgan fingerprint density at radius 1 is 1.00 bits per heavy atom. The van der Waals surface area contributed by atoms with E-state index >= 15 is 0 Å². The van der Waals surface area contributed by atoms with Crippen molar-refractivity contribution in [1.82, 2.24) is 4.57 Å². The Bertz CT molecular complexity index is 1290. The number of alkyl halides is 3. The summed E-state index contributed by atoms with van der Waals surface area (Å²) in [5.74, 6) is -0.334. The molecule has 0 unspecified atom stereocenters. The van der Waals surface area contributed by atoms with E-state index in [1.807, 2.05) is 29.8 Å². The van der Waals surface area contributed by atoms with Gasteiger partial charge in [-0.3, -0.25) is 4.79 Å². The maximum Gasteiger partial charge on any atom is 0.417 e. The molecule has 0 fully saturated rings. The van der Waals surface area contributed by atoms with Crippen molar-refractivity contribution in [2.24, 2.45) is 7.05 Å². The lowest BCUT2D eigenvalue weighted by Crippen LogP contribution is -2.09. The van der Waals surface area contributed by atoms with Crippen molar-refractivity contribution >= 4 is 16.9 Å². The van der Waals surface area contributed by atoms with Crippen molar-refractivity contribution in [2.45, 2.75) is 25.6 Å². The number of aliphatic carboxylic acids is 1. The average Bonchev–Trinajstić information content (AvgIpc) is 3.11. The Hall–Kier alpha value is -3.74. The van der Waals surface area contributed by atoms with Crippen LogP contribution >= 0.6 is 0 Å². The topological polar surface area (TPSA) is 51.5 Å². The van der Waals surface area contributed by atoms with Gasteiger partial charge in [0.25, 0.3) is 0 Å². The summed E-state index contributed by atoms with van der Waals surface area (Å²) in [6.07, 6.45) is -4.05. The molecule has 0 amide bonds. The molecular formula is C26H22F3NO3. The van der Waals surface area contributed by atoms with Gasteiger partial charge in [0, 0.05) is 23.6 Å². The number of nitrogens with zero attached hydrogens (tertiary/aromatic N) is 1. The summed E-state index contributed by atoms with van der Waals surface area (Å²) in [6, 6.07) is 20.1. The highest BCUT2D eigenvalue weighted by Crippen LogP contribution is 2.38. The van der Waals surface area contributed by atoms with Gasteiger partial charge in [-0.1, -0.05) is 42.5 Å². The molecule has 0 bridgehead atoms. The van der Waals surface area contributed by atoms with Gasteiger partial charge < -0.3 is 14.4 Å². The van der Waals surface area contributed by atoms with Crippen molar-refractivity contribution in [3.8, 4) is 16.9 Å². The number of carboxylic acid groups (broad SMARTS) is 1. The molecule has 4 aromatic rings. The zero-order chi connectivity index (χ0) is 23.6. The summed E-state index contributed by atoms with van der Waals surface area (Å²) in [5.41, 5.74) is 2.16. The van der Waals surface area contributed by atoms with Gasteiger partial charge in [0.1, 0.15) is 12.4 Å². The van der Waals surface area contributed by atoms with Gasteiger partial charge in [-0.25, -0.2) is 0 Å². The fraction of sp³-hybridized carbons (Fsp3) is 0.192. The van der Waals surface area contributed by atoms with E-state index in [2.05, 4.69) is 0 Å². The van der Waals surface area contributed by atoms with Crippen LogP contribution in [-0.2, 0) is 31.0 Å².